The van der Waals surface area contributed by atoms with Crippen molar-refractivity contribution in [2.45, 2.75) is 39.2 Å². The zero-order chi connectivity index (χ0) is 18.2. The Morgan fingerprint density at radius 1 is 1.15 bits per heavy atom. The summed E-state index contributed by atoms with van der Waals surface area (Å²) >= 11 is 0. The maximum Gasteiger partial charge on any atom is 0.251 e. The van der Waals surface area contributed by atoms with Crippen LogP contribution in [0.25, 0.3) is 0 Å². The molecule has 0 aliphatic carbocycles. The molecular formula is C19H32Cl2N4O2. The van der Waals surface area contributed by atoms with Crippen molar-refractivity contribution in [1.29, 1.82) is 0 Å². The van der Waals surface area contributed by atoms with Crippen LogP contribution in [0.3, 0.4) is 0 Å². The van der Waals surface area contributed by atoms with Gasteiger partial charge in [0, 0.05) is 24.3 Å². The number of carbonyl (C=O) groups is 2. The third-order valence-corrected chi connectivity index (χ3v) is 4.89. The van der Waals surface area contributed by atoms with Gasteiger partial charge < -0.3 is 21.3 Å². The smallest absolute Gasteiger partial charge is 0.251 e. The molecule has 1 heterocycles. The summed E-state index contributed by atoms with van der Waals surface area (Å²) < 4.78 is 0. The second kappa shape index (κ2) is 12.9. The Labute approximate surface area is 174 Å². The van der Waals surface area contributed by atoms with E-state index in [9.17, 15) is 9.59 Å². The van der Waals surface area contributed by atoms with Gasteiger partial charge in [-0.1, -0.05) is 20.3 Å². The van der Waals surface area contributed by atoms with Crippen LogP contribution in [0.15, 0.2) is 24.3 Å². The molecular weight excluding hydrogens is 387 g/mol. The topological polar surface area (TPSA) is 87.5 Å². The molecule has 1 aliphatic rings. The number of anilines is 1. The van der Waals surface area contributed by atoms with Gasteiger partial charge in [0.2, 0.25) is 5.91 Å². The van der Waals surface area contributed by atoms with Gasteiger partial charge in [-0.25, -0.2) is 0 Å². The maximum atomic E-state index is 12.2. The minimum atomic E-state index is -0.529. The molecule has 1 aromatic rings. The highest BCUT2D eigenvalue weighted by atomic mass is 35.5. The molecule has 27 heavy (non-hydrogen) atoms. The molecule has 0 radical (unpaired) electrons. The molecule has 6 nitrogen and oxygen atoms in total. The average molecular weight is 419 g/mol. The molecule has 2 amide bonds. The van der Waals surface area contributed by atoms with Crippen molar-refractivity contribution in [3.8, 4) is 0 Å². The lowest BCUT2D eigenvalue weighted by Crippen LogP contribution is -2.40. The van der Waals surface area contributed by atoms with Crippen molar-refractivity contribution >= 4 is 42.3 Å². The van der Waals surface area contributed by atoms with Gasteiger partial charge in [0.05, 0.1) is 6.04 Å². The number of rotatable bonds is 8. The van der Waals surface area contributed by atoms with Crippen molar-refractivity contribution in [2.75, 3.05) is 31.5 Å². The zero-order valence-electron chi connectivity index (χ0n) is 16.1. The van der Waals surface area contributed by atoms with E-state index in [0.29, 0.717) is 17.8 Å². The Kier molecular flexibility index (Phi) is 12.3. The second-order valence-electron chi connectivity index (χ2n) is 6.78. The Morgan fingerprint density at radius 3 is 2.30 bits per heavy atom. The Morgan fingerprint density at radius 2 is 1.74 bits per heavy atom. The lowest BCUT2D eigenvalue weighted by atomic mass is 9.99. The van der Waals surface area contributed by atoms with E-state index in [2.05, 4.69) is 15.5 Å². The minimum absolute atomic E-state index is 0. The summed E-state index contributed by atoms with van der Waals surface area (Å²) in [6.07, 6.45) is 3.36. The number of hydrogen-bond acceptors (Lipinski definition) is 4. The van der Waals surface area contributed by atoms with Gasteiger partial charge in [-0.3, -0.25) is 9.59 Å². The van der Waals surface area contributed by atoms with Gasteiger partial charge >= 0.3 is 0 Å². The predicted octanol–water partition coefficient (Wildman–Crippen LogP) is 2.67. The van der Waals surface area contributed by atoms with Crippen molar-refractivity contribution in [3.63, 3.8) is 0 Å². The van der Waals surface area contributed by atoms with Crippen molar-refractivity contribution in [3.05, 3.63) is 29.8 Å². The standard InChI is InChI=1S/C19H30N4O2.2ClH/c1-3-14(2)17(20)19(25)22-16-8-6-15(7-9-16)18(24)21-10-13-23-11-4-5-12-23;;/h6-9,14,17H,3-5,10-13,20H2,1-2H3,(H,21,24)(H,22,25);2*1H. The summed E-state index contributed by atoms with van der Waals surface area (Å²) in [6.45, 7) is 7.77. The molecule has 1 fully saturated rings. The van der Waals surface area contributed by atoms with E-state index in [-0.39, 0.29) is 42.5 Å². The second-order valence-corrected chi connectivity index (χ2v) is 6.78. The fourth-order valence-electron chi connectivity index (χ4n) is 2.88. The number of amides is 2. The maximum absolute atomic E-state index is 12.2. The summed E-state index contributed by atoms with van der Waals surface area (Å²) in [7, 11) is 0. The molecule has 2 unspecified atom stereocenters. The fraction of sp³-hybridized carbons (Fsp3) is 0.579. The Hall–Kier alpha value is -1.34. The number of nitrogens with one attached hydrogen (secondary N) is 2. The third kappa shape index (κ3) is 8.05. The van der Waals surface area contributed by atoms with Crippen LogP contribution in [-0.2, 0) is 4.79 Å². The Balaban J connectivity index is 0.00000338. The molecule has 0 saturated carbocycles. The van der Waals surface area contributed by atoms with Crippen LogP contribution in [0, 0.1) is 5.92 Å². The first-order valence-electron chi connectivity index (χ1n) is 9.18. The first-order valence-corrected chi connectivity index (χ1v) is 9.18. The largest absolute Gasteiger partial charge is 0.351 e. The van der Waals surface area contributed by atoms with Gasteiger partial charge in [0.1, 0.15) is 0 Å². The molecule has 1 aliphatic heterocycles. The van der Waals surface area contributed by atoms with Crippen molar-refractivity contribution < 1.29 is 9.59 Å². The number of benzene rings is 1. The zero-order valence-corrected chi connectivity index (χ0v) is 17.7. The van der Waals surface area contributed by atoms with Gasteiger partial charge in [-0.05, 0) is 56.1 Å². The molecule has 1 aromatic carbocycles. The van der Waals surface area contributed by atoms with E-state index in [1.165, 1.54) is 12.8 Å². The molecule has 0 aromatic heterocycles. The van der Waals surface area contributed by atoms with E-state index in [1.54, 1.807) is 24.3 Å². The van der Waals surface area contributed by atoms with Crippen LogP contribution in [0.2, 0.25) is 0 Å². The van der Waals surface area contributed by atoms with Crippen molar-refractivity contribution in [1.82, 2.24) is 10.2 Å². The van der Waals surface area contributed by atoms with E-state index in [4.69, 9.17) is 5.73 Å². The number of nitrogens with two attached hydrogens (primary N) is 1. The molecule has 2 rings (SSSR count). The Bertz CT molecular complexity index is 578. The minimum Gasteiger partial charge on any atom is -0.351 e. The highest BCUT2D eigenvalue weighted by Crippen LogP contribution is 2.12. The summed E-state index contributed by atoms with van der Waals surface area (Å²) in [5.41, 5.74) is 7.16. The molecule has 0 bridgehead atoms. The summed E-state index contributed by atoms with van der Waals surface area (Å²) in [5, 5.41) is 5.74. The number of likely N-dealkylation sites (tertiary alicyclic amines) is 1. The molecule has 8 heteroatoms. The highest BCUT2D eigenvalue weighted by molar-refractivity contribution is 5.97. The first-order chi connectivity index (χ1) is 12.0. The monoisotopic (exact) mass is 418 g/mol. The van der Waals surface area contributed by atoms with Gasteiger partial charge in [-0.2, -0.15) is 0 Å². The quantitative estimate of drug-likeness (QED) is 0.605. The van der Waals surface area contributed by atoms with Gasteiger partial charge in [-0.15, -0.1) is 24.8 Å². The molecule has 154 valence electrons. The lowest BCUT2D eigenvalue weighted by Gasteiger charge is -2.18. The summed E-state index contributed by atoms with van der Waals surface area (Å²) in [5.74, 6) is -0.161. The van der Waals surface area contributed by atoms with E-state index >= 15 is 0 Å². The third-order valence-electron chi connectivity index (χ3n) is 4.89. The number of hydrogen-bond donors (Lipinski definition) is 3. The van der Waals surface area contributed by atoms with Crippen LogP contribution >= 0.6 is 24.8 Å². The number of nitrogens with zero attached hydrogens (tertiary/aromatic N) is 1. The van der Waals surface area contributed by atoms with E-state index in [0.717, 1.165) is 26.1 Å². The average Bonchev–Trinajstić information content (AvgIpc) is 3.14. The predicted molar refractivity (Wildman–Crippen MR) is 115 cm³/mol. The molecule has 2 atom stereocenters. The van der Waals surface area contributed by atoms with Gasteiger partial charge in [0.25, 0.3) is 5.91 Å². The summed E-state index contributed by atoms with van der Waals surface area (Å²) in [6, 6.07) is 6.37. The van der Waals surface area contributed by atoms with Gasteiger partial charge in [0.15, 0.2) is 0 Å². The van der Waals surface area contributed by atoms with E-state index < -0.39 is 6.04 Å². The van der Waals surface area contributed by atoms with Crippen LogP contribution in [0.4, 0.5) is 5.69 Å². The normalized spacial score (nSPS) is 15.8. The number of carbonyl (C=O) groups excluding carboxylic acids is 2. The van der Waals surface area contributed by atoms with Crippen molar-refractivity contribution in [2.24, 2.45) is 11.7 Å². The SMILES string of the molecule is CCC(C)C(N)C(=O)Nc1ccc(C(=O)NCCN2CCCC2)cc1.Cl.Cl. The molecule has 1 saturated heterocycles. The molecule has 0 spiro atoms. The summed E-state index contributed by atoms with van der Waals surface area (Å²) in [4.78, 5) is 26.6. The van der Waals surface area contributed by atoms with Crippen LogP contribution in [0.1, 0.15) is 43.5 Å². The van der Waals surface area contributed by atoms with E-state index in [1.807, 2.05) is 13.8 Å². The lowest BCUT2D eigenvalue weighted by molar-refractivity contribution is -0.118. The van der Waals surface area contributed by atoms with Crippen LogP contribution in [0.5, 0.6) is 0 Å². The van der Waals surface area contributed by atoms with Crippen LogP contribution < -0.4 is 16.4 Å². The molecule has 4 N–H and O–H groups in total. The van der Waals surface area contributed by atoms with Crippen LogP contribution in [-0.4, -0.2) is 48.9 Å². The highest BCUT2D eigenvalue weighted by Gasteiger charge is 2.19. The first kappa shape index (κ1) is 25.7. The fourth-order valence-corrected chi connectivity index (χ4v) is 2.88. The number of halogens is 2.